The molecular weight excluding hydrogens is 544 g/mol. The minimum absolute atomic E-state index is 0.0162. The van der Waals surface area contributed by atoms with E-state index in [9.17, 15) is 10.1 Å². The van der Waals surface area contributed by atoms with E-state index in [0.717, 1.165) is 26.5 Å². The number of hydrogen-bond donors (Lipinski definition) is 1. The molecule has 3 aromatic carbocycles. The van der Waals surface area contributed by atoms with E-state index in [1.165, 1.54) is 5.56 Å². The van der Waals surface area contributed by atoms with E-state index >= 15 is 0 Å². The molecule has 0 aromatic heterocycles. The van der Waals surface area contributed by atoms with Gasteiger partial charge in [0, 0.05) is 26.6 Å². The number of nitrogens with one attached hydrogen (secondary N) is 1. The standard InChI is InChI=1S/C27H24Br2N2O2/c1-3-18-9-11-22(12-10-18)31-27(32)21(17-30)13-19-14-25(29)23(26(15-19)33-4-2)16-20-7-5-6-8-24(20)28/h5-15H,3-4,16H2,1-2H3,(H,31,32)/b21-13+. The number of benzene rings is 3. The topological polar surface area (TPSA) is 62.1 Å². The Kier molecular flexibility index (Phi) is 8.87. The van der Waals surface area contributed by atoms with Crippen LogP contribution in [-0.4, -0.2) is 12.5 Å². The lowest BCUT2D eigenvalue weighted by molar-refractivity contribution is -0.112. The number of hydrogen-bond acceptors (Lipinski definition) is 3. The second-order valence-corrected chi connectivity index (χ2v) is 9.06. The maximum absolute atomic E-state index is 12.7. The highest BCUT2D eigenvalue weighted by Gasteiger charge is 2.15. The summed E-state index contributed by atoms with van der Waals surface area (Å²) in [6, 6.07) is 21.4. The molecule has 4 nitrogen and oxygen atoms in total. The minimum atomic E-state index is -0.451. The monoisotopic (exact) mass is 566 g/mol. The highest BCUT2D eigenvalue weighted by atomic mass is 79.9. The van der Waals surface area contributed by atoms with Crippen molar-refractivity contribution in [2.24, 2.45) is 0 Å². The molecule has 3 aromatic rings. The molecule has 0 spiro atoms. The summed E-state index contributed by atoms with van der Waals surface area (Å²) in [6.07, 6.45) is 3.16. The van der Waals surface area contributed by atoms with Crippen LogP contribution in [0.1, 0.15) is 36.1 Å². The number of nitriles is 1. The fraction of sp³-hybridized carbons (Fsp3) is 0.185. The summed E-state index contributed by atoms with van der Waals surface area (Å²) in [5, 5.41) is 12.4. The first-order valence-corrected chi connectivity index (χ1v) is 12.2. The van der Waals surface area contributed by atoms with Gasteiger partial charge in [-0.1, -0.05) is 69.1 Å². The number of anilines is 1. The second-order valence-electron chi connectivity index (χ2n) is 7.36. The minimum Gasteiger partial charge on any atom is -0.494 e. The number of nitrogens with zero attached hydrogens (tertiary/aromatic N) is 1. The van der Waals surface area contributed by atoms with Gasteiger partial charge in [0.25, 0.3) is 5.91 Å². The van der Waals surface area contributed by atoms with Crippen LogP contribution in [0.2, 0.25) is 0 Å². The smallest absolute Gasteiger partial charge is 0.266 e. The molecule has 0 aliphatic heterocycles. The Labute approximate surface area is 211 Å². The summed E-state index contributed by atoms with van der Waals surface area (Å²) >= 11 is 7.26. The first-order chi connectivity index (χ1) is 15.9. The van der Waals surface area contributed by atoms with Crippen molar-refractivity contribution in [3.63, 3.8) is 0 Å². The lowest BCUT2D eigenvalue weighted by Crippen LogP contribution is -2.13. The molecule has 0 bridgehead atoms. The van der Waals surface area contributed by atoms with Gasteiger partial charge in [0.2, 0.25) is 0 Å². The van der Waals surface area contributed by atoms with Gasteiger partial charge in [0.05, 0.1) is 6.61 Å². The van der Waals surface area contributed by atoms with Crippen LogP contribution < -0.4 is 10.1 Å². The molecule has 0 atom stereocenters. The van der Waals surface area contributed by atoms with Crippen LogP contribution >= 0.6 is 31.9 Å². The zero-order chi connectivity index (χ0) is 23.8. The first kappa shape index (κ1) is 24.8. The molecular formula is C27H24Br2N2O2. The van der Waals surface area contributed by atoms with Crippen molar-refractivity contribution in [1.82, 2.24) is 0 Å². The molecule has 0 radical (unpaired) electrons. The van der Waals surface area contributed by atoms with E-state index in [0.29, 0.717) is 30.0 Å². The molecule has 1 amide bonds. The lowest BCUT2D eigenvalue weighted by atomic mass is 10.0. The van der Waals surface area contributed by atoms with Gasteiger partial charge >= 0.3 is 0 Å². The molecule has 0 saturated heterocycles. The number of carbonyl (C=O) groups is 1. The molecule has 0 aliphatic rings. The summed E-state index contributed by atoms with van der Waals surface area (Å²) in [5.41, 5.74) is 4.68. The molecule has 0 heterocycles. The summed E-state index contributed by atoms with van der Waals surface area (Å²) in [6.45, 7) is 4.50. The van der Waals surface area contributed by atoms with E-state index in [4.69, 9.17) is 4.74 Å². The van der Waals surface area contributed by atoms with Crippen molar-refractivity contribution >= 4 is 49.5 Å². The Bertz CT molecular complexity index is 1210. The van der Waals surface area contributed by atoms with Gasteiger partial charge in [-0.25, -0.2) is 0 Å². The van der Waals surface area contributed by atoms with Gasteiger partial charge in [-0.3, -0.25) is 4.79 Å². The van der Waals surface area contributed by atoms with Gasteiger partial charge in [-0.15, -0.1) is 0 Å². The van der Waals surface area contributed by atoms with E-state index in [1.807, 2.05) is 67.6 Å². The Morgan fingerprint density at radius 3 is 2.42 bits per heavy atom. The van der Waals surface area contributed by atoms with E-state index in [2.05, 4.69) is 50.2 Å². The number of ether oxygens (including phenoxy) is 1. The van der Waals surface area contributed by atoms with Gasteiger partial charge in [0.1, 0.15) is 17.4 Å². The first-order valence-electron chi connectivity index (χ1n) is 10.7. The molecule has 6 heteroatoms. The molecule has 168 valence electrons. The maximum atomic E-state index is 12.7. The third-order valence-electron chi connectivity index (χ3n) is 5.10. The highest BCUT2D eigenvalue weighted by molar-refractivity contribution is 9.10. The molecule has 0 aliphatic carbocycles. The molecule has 0 unspecified atom stereocenters. The van der Waals surface area contributed by atoms with Crippen molar-refractivity contribution < 1.29 is 9.53 Å². The zero-order valence-electron chi connectivity index (χ0n) is 18.5. The quantitative estimate of drug-likeness (QED) is 0.229. The zero-order valence-corrected chi connectivity index (χ0v) is 21.7. The average Bonchev–Trinajstić information content (AvgIpc) is 2.81. The fourth-order valence-electron chi connectivity index (χ4n) is 3.34. The SMILES string of the molecule is CCOc1cc(/C=C(\C#N)C(=O)Nc2ccc(CC)cc2)cc(Br)c1Cc1ccccc1Br. The number of rotatable bonds is 8. The fourth-order valence-corrected chi connectivity index (χ4v) is 4.37. The second kappa shape index (κ2) is 11.8. The Morgan fingerprint density at radius 2 is 1.79 bits per heavy atom. The summed E-state index contributed by atoms with van der Waals surface area (Å²) in [7, 11) is 0. The van der Waals surface area contributed by atoms with Crippen molar-refractivity contribution in [2.45, 2.75) is 26.7 Å². The van der Waals surface area contributed by atoms with Gasteiger partial charge in [-0.2, -0.15) is 5.26 Å². The van der Waals surface area contributed by atoms with Gasteiger partial charge in [-0.05, 0) is 66.4 Å². The maximum Gasteiger partial charge on any atom is 0.266 e. The van der Waals surface area contributed by atoms with E-state index in [1.54, 1.807) is 6.08 Å². The van der Waals surface area contributed by atoms with Crippen molar-refractivity contribution in [1.29, 1.82) is 5.26 Å². The molecule has 3 rings (SSSR count). The van der Waals surface area contributed by atoms with Crippen LogP contribution in [-0.2, 0) is 17.6 Å². The van der Waals surface area contributed by atoms with E-state index < -0.39 is 5.91 Å². The lowest BCUT2D eigenvalue weighted by Gasteiger charge is -2.15. The number of carbonyl (C=O) groups excluding carboxylic acids is 1. The normalized spacial score (nSPS) is 11.1. The van der Waals surface area contributed by atoms with Crippen molar-refractivity contribution in [3.8, 4) is 11.8 Å². The molecule has 0 saturated carbocycles. The van der Waals surface area contributed by atoms with Crippen LogP contribution in [0.5, 0.6) is 5.75 Å². The molecule has 1 N–H and O–H groups in total. The van der Waals surface area contributed by atoms with Crippen LogP contribution in [0.4, 0.5) is 5.69 Å². The summed E-state index contributed by atoms with van der Waals surface area (Å²) in [5.74, 6) is 0.259. The van der Waals surface area contributed by atoms with Crippen LogP contribution in [0.3, 0.4) is 0 Å². The predicted molar refractivity (Wildman–Crippen MR) is 140 cm³/mol. The third kappa shape index (κ3) is 6.56. The van der Waals surface area contributed by atoms with E-state index in [-0.39, 0.29) is 5.57 Å². The van der Waals surface area contributed by atoms with Crippen LogP contribution in [0.25, 0.3) is 6.08 Å². The van der Waals surface area contributed by atoms with Gasteiger partial charge < -0.3 is 10.1 Å². The Morgan fingerprint density at radius 1 is 1.06 bits per heavy atom. The van der Waals surface area contributed by atoms with Gasteiger partial charge in [0.15, 0.2) is 0 Å². The molecule has 33 heavy (non-hydrogen) atoms. The predicted octanol–water partition coefficient (Wildman–Crippen LogP) is 7.31. The van der Waals surface area contributed by atoms with Crippen LogP contribution in [0.15, 0.2) is 75.2 Å². The van der Waals surface area contributed by atoms with Crippen molar-refractivity contribution in [2.75, 3.05) is 11.9 Å². The van der Waals surface area contributed by atoms with Crippen molar-refractivity contribution in [3.05, 3.63) is 97.4 Å². The number of amides is 1. The number of aryl methyl sites for hydroxylation is 1. The average molecular weight is 568 g/mol. The Hall–Kier alpha value is -2.88. The van der Waals surface area contributed by atoms with Crippen LogP contribution in [0, 0.1) is 11.3 Å². The largest absolute Gasteiger partial charge is 0.494 e. The number of halogens is 2. The summed E-state index contributed by atoms with van der Waals surface area (Å²) < 4.78 is 7.78. The Balaban J connectivity index is 1.89. The third-order valence-corrected chi connectivity index (χ3v) is 6.58. The highest BCUT2D eigenvalue weighted by Crippen LogP contribution is 2.33. The summed E-state index contributed by atoms with van der Waals surface area (Å²) in [4.78, 5) is 12.7. The molecule has 0 fully saturated rings.